The molecule has 0 fully saturated rings. The first-order valence-electron chi connectivity index (χ1n) is 13.9. The molecular formula is C33H48N2O6+2. The topological polar surface area (TPSA) is 71.1 Å². The predicted molar refractivity (Wildman–Crippen MR) is 165 cm³/mol. The zero-order valence-electron chi connectivity index (χ0n) is 26.1. The first-order valence-corrected chi connectivity index (χ1v) is 13.9. The van der Waals surface area contributed by atoms with Crippen molar-refractivity contribution in [2.75, 3.05) is 82.8 Å². The minimum absolute atomic E-state index is 0.220. The van der Waals surface area contributed by atoms with Crippen molar-refractivity contribution < 1.29 is 37.5 Å². The van der Waals surface area contributed by atoms with Gasteiger partial charge in [-0.15, -0.1) is 0 Å². The van der Waals surface area contributed by atoms with Gasteiger partial charge in [-0.05, 0) is 47.5 Å². The summed E-state index contributed by atoms with van der Waals surface area (Å²) in [7, 11) is 16.1. The predicted octanol–water partition coefficient (Wildman–Crippen LogP) is 4.91. The smallest absolute Gasteiger partial charge is 0.163 e. The van der Waals surface area contributed by atoms with E-state index in [2.05, 4.69) is 42.3 Å². The minimum atomic E-state index is -0.283. The molecule has 0 radical (unpaired) electrons. The molecule has 0 unspecified atom stereocenters. The molecule has 0 amide bonds. The number of carbonyl (C=O) groups is 2. The van der Waals surface area contributed by atoms with Crippen LogP contribution in [0.25, 0.3) is 12.2 Å². The number of ketones is 2. The Balaban J connectivity index is 1.89. The average Bonchev–Trinajstić information content (AvgIpc) is 2.90. The molecule has 8 heteroatoms. The van der Waals surface area contributed by atoms with E-state index in [0.29, 0.717) is 36.2 Å². The molecule has 0 aliphatic carbocycles. The molecule has 0 heterocycles. The maximum absolute atomic E-state index is 12.4. The average molecular weight is 569 g/mol. The summed E-state index contributed by atoms with van der Waals surface area (Å²) in [5.74, 6) is 1.95. The molecule has 0 spiro atoms. The van der Waals surface area contributed by atoms with Crippen molar-refractivity contribution in [2.24, 2.45) is 0 Å². The van der Waals surface area contributed by atoms with Crippen LogP contribution in [0.5, 0.6) is 23.0 Å². The van der Waals surface area contributed by atoms with Gasteiger partial charge in [0, 0.05) is 12.8 Å². The lowest BCUT2D eigenvalue weighted by Crippen LogP contribution is -2.36. The Morgan fingerprint density at radius 3 is 1.37 bits per heavy atom. The summed E-state index contributed by atoms with van der Waals surface area (Å²) in [4.78, 5) is 24.8. The van der Waals surface area contributed by atoms with Crippen molar-refractivity contribution in [3.8, 4) is 23.0 Å². The van der Waals surface area contributed by atoms with Crippen LogP contribution in [-0.4, -0.2) is 103 Å². The van der Waals surface area contributed by atoms with E-state index >= 15 is 0 Å². The summed E-state index contributed by atoms with van der Waals surface area (Å²) < 4.78 is 24.4. The van der Waals surface area contributed by atoms with E-state index < -0.39 is 0 Å². The summed E-state index contributed by atoms with van der Waals surface area (Å²) >= 11 is 0. The molecule has 0 aliphatic rings. The summed E-state index contributed by atoms with van der Waals surface area (Å²) in [5, 5.41) is 0. The molecule has 0 saturated carbocycles. The lowest BCUT2D eigenvalue weighted by molar-refractivity contribution is -0.870. The Labute approximate surface area is 245 Å². The number of ether oxygens (including phenoxy) is 4. The zero-order valence-corrected chi connectivity index (χ0v) is 26.1. The molecule has 224 valence electrons. The fourth-order valence-electron chi connectivity index (χ4n) is 3.92. The van der Waals surface area contributed by atoms with Crippen molar-refractivity contribution in [3.63, 3.8) is 0 Å². The second kappa shape index (κ2) is 16.0. The van der Waals surface area contributed by atoms with E-state index in [0.717, 1.165) is 46.0 Å². The van der Waals surface area contributed by atoms with Crippen LogP contribution in [0.2, 0.25) is 0 Å². The Morgan fingerprint density at radius 2 is 1.02 bits per heavy atom. The zero-order chi connectivity index (χ0) is 30.5. The van der Waals surface area contributed by atoms with Gasteiger partial charge in [-0.1, -0.05) is 24.3 Å². The second-order valence-corrected chi connectivity index (χ2v) is 12.0. The van der Waals surface area contributed by atoms with Crippen LogP contribution in [0.15, 0.2) is 48.6 Å². The van der Waals surface area contributed by atoms with Crippen molar-refractivity contribution >= 4 is 23.7 Å². The van der Waals surface area contributed by atoms with E-state index in [1.54, 1.807) is 26.4 Å². The number of allylic oxidation sites excluding steroid dienone is 2. The van der Waals surface area contributed by atoms with Crippen LogP contribution < -0.4 is 18.9 Å². The normalized spacial score (nSPS) is 12.1. The summed E-state index contributed by atoms with van der Waals surface area (Å²) in [6, 6.07) is 11.0. The van der Waals surface area contributed by atoms with Crippen LogP contribution >= 0.6 is 0 Å². The van der Waals surface area contributed by atoms with Crippen molar-refractivity contribution in [2.45, 2.75) is 19.3 Å². The first-order chi connectivity index (χ1) is 19.3. The van der Waals surface area contributed by atoms with E-state index in [4.69, 9.17) is 18.9 Å². The van der Waals surface area contributed by atoms with E-state index in [1.807, 2.05) is 36.4 Å². The molecule has 8 nitrogen and oxygen atoms in total. The van der Waals surface area contributed by atoms with Gasteiger partial charge in [-0.3, -0.25) is 9.59 Å². The summed E-state index contributed by atoms with van der Waals surface area (Å²) in [5.41, 5.74) is 1.56. The molecule has 2 rings (SSSR count). The summed E-state index contributed by atoms with van der Waals surface area (Å²) in [6.45, 7) is 3.20. The molecule has 41 heavy (non-hydrogen) atoms. The molecule has 2 aromatic rings. The number of carbonyl (C=O) groups excluding carboxylic acids is 2. The number of nitrogens with zero attached hydrogens (tertiary/aromatic N) is 2. The summed E-state index contributed by atoms with van der Waals surface area (Å²) in [6.07, 6.45) is 7.81. The molecule has 0 N–H and O–H groups in total. The fourth-order valence-corrected chi connectivity index (χ4v) is 3.92. The van der Waals surface area contributed by atoms with Gasteiger partial charge in [0.05, 0.1) is 89.2 Å². The fraction of sp³-hybridized carbons (Fsp3) is 0.455. The standard InChI is InChI=1S/C33H48N2O6/c1-34(2,3)19-9-21-40-30-17-13-26(23-32(30)38-7)11-15-28(36)25-29(37)16-12-27-14-18-31(33(24-27)39-8)41-22-10-20-35(4,5)6/h11-18,23-24H,9-10,19-22,25H2,1-8H3/q+2/b15-11+,16-12+. The van der Waals surface area contributed by atoms with Crippen LogP contribution in [0.3, 0.4) is 0 Å². The van der Waals surface area contributed by atoms with Gasteiger partial charge in [0.2, 0.25) is 0 Å². The van der Waals surface area contributed by atoms with Crippen LogP contribution in [-0.2, 0) is 9.59 Å². The van der Waals surface area contributed by atoms with Gasteiger partial charge < -0.3 is 27.9 Å². The van der Waals surface area contributed by atoms with Gasteiger partial charge in [0.15, 0.2) is 34.6 Å². The van der Waals surface area contributed by atoms with Crippen LogP contribution in [0.1, 0.15) is 30.4 Å². The molecule has 0 aliphatic heterocycles. The monoisotopic (exact) mass is 568 g/mol. The quantitative estimate of drug-likeness (QED) is 0.110. The van der Waals surface area contributed by atoms with Crippen molar-refractivity contribution in [1.82, 2.24) is 0 Å². The van der Waals surface area contributed by atoms with Gasteiger partial charge in [-0.25, -0.2) is 0 Å². The van der Waals surface area contributed by atoms with Gasteiger partial charge in [-0.2, -0.15) is 0 Å². The molecule has 0 bridgehead atoms. The van der Waals surface area contributed by atoms with Gasteiger partial charge in [0.1, 0.15) is 0 Å². The second-order valence-electron chi connectivity index (χ2n) is 12.0. The number of hydrogen-bond acceptors (Lipinski definition) is 6. The van der Waals surface area contributed by atoms with E-state index in [1.165, 1.54) is 12.2 Å². The lowest BCUT2D eigenvalue weighted by Gasteiger charge is -2.23. The largest absolute Gasteiger partial charge is 0.493 e. The number of rotatable bonds is 18. The van der Waals surface area contributed by atoms with Crippen molar-refractivity contribution in [3.05, 3.63) is 59.7 Å². The van der Waals surface area contributed by atoms with Crippen LogP contribution in [0.4, 0.5) is 0 Å². The highest BCUT2D eigenvalue weighted by molar-refractivity contribution is 6.10. The first kappa shape index (κ1) is 33.6. The Kier molecular flexibility index (Phi) is 13.1. The Bertz CT molecular complexity index is 1110. The Hall–Kier alpha value is -3.62. The molecular weight excluding hydrogens is 520 g/mol. The third-order valence-electron chi connectivity index (χ3n) is 6.11. The number of hydrogen-bond donors (Lipinski definition) is 0. The molecule has 2 aromatic carbocycles. The highest BCUT2D eigenvalue weighted by atomic mass is 16.5. The lowest BCUT2D eigenvalue weighted by atomic mass is 10.1. The third kappa shape index (κ3) is 13.5. The maximum Gasteiger partial charge on any atom is 0.163 e. The highest BCUT2D eigenvalue weighted by Gasteiger charge is 2.11. The SMILES string of the molecule is COc1cc(/C=C/C(=O)CC(=O)/C=C/c2ccc(OCCC[N+](C)(C)C)c(OC)c2)ccc1OCCC[N+](C)(C)C. The van der Waals surface area contributed by atoms with E-state index in [9.17, 15) is 9.59 Å². The molecule has 0 atom stereocenters. The van der Waals surface area contributed by atoms with Gasteiger partial charge >= 0.3 is 0 Å². The van der Waals surface area contributed by atoms with Crippen molar-refractivity contribution in [1.29, 1.82) is 0 Å². The number of methoxy groups -OCH3 is 2. The number of benzene rings is 2. The third-order valence-corrected chi connectivity index (χ3v) is 6.11. The Morgan fingerprint density at radius 1 is 0.634 bits per heavy atom. The minimum Gasteiger partial charge on any atom is -0.493 e. The maximum atomic E-state index is 12.4. The number of quaternary nitrogens is 2. The highest BCUT2D eigenvalue weighted by Crippen LogP contribution is 2.30. The van der Waals surface area contributed by atoms with Gasteiger partial charge in [0.25, 0.3) is 0 Å². The molecule has 0 saturated heterocycles. The molecule has 0 aromatic heterocycles. The van der Waals surface area contributed by atoms with E-state index in [-0.39, 0.29) is 18.0 Å². The van der Waals surface area contributed by atoms with Crippen LogP contribution in [0, 0.1) is 0 Å².